The molecule has 0 amide bonds. The second-order valence-corrected chi connectivity index (χ2v) is 3.50. The van der Waals surface area contributed by atoms with Crippen molar-refractivity contribution in [1.29, 1.82) is 0 Å². The molecule has 1 atom stereocenters. The smallest absolute Gasteiger partial charge is 0.220 e. The van der Waals surface area contributed by atoms with Gasteiger partial charge in [-0.2, -0.15) is 0 Å². The van der Waals surface area contributed by atoms with Gasteiger partial charge in [0.1, 0.15) is 11.4 Å². The van der Waals surface area contributed by atoms with E-state index in [9.17, 15) is 4.79 Å². The lowest BCUT2D eigenvalue weighted by Gasteiger charge is -2.11. The van der Waals surface area contributed by atoms with Crippen LogP contribution in [-0.2, 0) is 0 Å². The maximum Gasteiger partial charge on any atom is 0.220 e. The highest BCUT2D eigenvalue weighted by atomic mass is 16.5. The lowest BCUT2D eigenvalue weighted by Crippen LogP contribution is -2.27. The van der Waals surface area contributed by atoms with Gasteiger partial charge in [-0.1, -0.05) is 0 Å². The number of methoxy groups -OCH3 is 2. The summed E-state index contributed by atoms with van der Waals surface area (Å²) in [6, 6.07) is 0.980. The van der Waals surface area contributed by atoms with E-state index in [2.05, 4.69) is 4.98 Å². The van der Waals surface area contributed by atoms with Crippen LogP contribution in [0.4, 0.5) is 0 Å². The number of Topliss-reactive ketones (excluding diaryl/α,β-unsaturated/α-hetero) is 1. The van der Waals surface area contributed by atoms with E-state index in [0.717, 1.165) is 5.56 Å². The van der Waals surface area contributed by atoms with Crippen LogP contribution in [0.1, 0.15) is 23.0 Å². The molecule has 0 saturated heterocycles. The van der Waals surface area contributed by atoms with Crippen molar-refractivity contribution in [2.75, 3.05) is 14.2 Å². The molecule has 1 aromatic rings. The molecular weight excluding hydrogens is 208 g/mol. The van der Waals surface area contributed by atoms with Crippen LogP contribution in [0.25, 0.3) is 0 Å². The number of aromatic nitrogens is 1. The Hall–Kier alpha value is -1.62. The van der Waals surface area contributed by atoms with Gasteiger partial charge in [-0.3, -0.25) is 4.79 Å². The predicted molar refractivity (Wildman–Crippen MR) is 60.1 cm³/mol. The molecule has 0 bridgehead atoms. The second-order valence-electron chi connectivity index (χ2n) is 3.50. The fourth-order valence-electron chi connectivity index (χ4n) is 1.33. The Morgan fingerprint density at radius 1 is 1.44 bits per heavy atom. The van der Waals surface area contributed by atoms with Crippen molar-refractivity contribution < 1.29 is 14.3 Å². The van der Waals surface area contributed by atoms with Gasteiger partial charge in [0.25, 0.3) is 0 Å². The minimum absolute atomic E-state index is 0.239. The molecule has 2 N–H and O–H groups in total. The van der Waals surface area contributed by atoms with Crippen molar-refractivity contribution in [2.45, 2.75) is 19.9 Å². The number of ether oxygens (including phenoxy) is 2. The Balaban J connectivity index is 3.27. The molecule has 1 rings (SSSR count). The molecular formula is C11H16N2O3. The highest BCUT2D eigenvalue weighted by Gasteiger charge is 2.17. The Labute approximate surface area is 94.6 Å². The minimum Gasteiger partial charge on any atom is -0.496 e. The molecule has 0 fully saturated rings. The molecule has 1 heterocycles. The summed E-state index contributed by atoms with van der Waals surface area (Å²) in [6.07, 6.45) is 0. The number of carbonyl (C=O) groups is 1. The molecule has 1 aromatic heterocycles. The van der Waals surface area contributed by atoms with E-state index in [1.165, 1.54) is 14.2 Å². The van der Waals surface area contributed by atoms with E-state index in [-0.39, 0.29) is 11.5 Å². The van der Waals surface area contributed by atoms with Gasteiger partial charge in [-0.25, -0.2) is 4.98 Å². The van der Waals surface area contributed by atoms with Gasteiger partial charge in [0.05, 0.1) is 25.8 Å². The number of carbonyl (C=O) groups excluding carboxylic acids is 1. The molecule has 0 radical (unpaired) electrons. The highest BCUT2D eigenvalue weighted by Crippen LogP contribution is 2.26. The maximum atomic E-state index is 11.7. The maximum absolute atomic E-state index is 11.7. The zero-order valence-corrected chi connectivity index (χ0v) is 9.90. The summed E-state index contributed by atoms with van der Waals surface area (Å²) in [6.45, 7) is 3.42. The summed E-state index contributed by atoms with van der Waals surface area (Å²) in [5, 5.41) is 0. The topological polar surface area (TPSA) is 74.4 Å². The monoisotopic (exact) mass is 224 g/mol. The zero-order chi connectivity index (χ0) is 12.3. The molecule has 5 nitrogen and oxygen atoms in total. The van der Waals surface area contributed by atoms with Crippen molar-refractivity contribution >= 4 is 5.78 Å². The van der Waals surface area contributed by atoms with Gasteiger partial charge in [-0.05, 0) is 13.8 Å². The molecule has 0 aliphatic rings. The third-order valence-electron chi connectivity index (χ3n) is 2.26. The summed E-state index contributed by atoms with van der Waals surface area (Å²) < 4.78 is 10.2. The van der Waals surface area contributed by atoms with Crippen LogP contribution in [-0.4, -0.2) is 31.0 Å². The SMILES string of the molecule is COc1cc(C(=O)C(C)N)nc(OC)c1C. The van der Waals surface area contributed by atoms with E-state index in [4.69, 9.17) is 15.2 Å². The first kappa shape index (κ1) is 12.4. The largest absolute Gasteiger partial charge is 0.496 e. The van der Waals surface area contributed by atoms with Crippen LogP contribution < -0.4 is 15.2 Å². The summed E-state index contributed by atoms with van der Waals surface area (Å²) >= 11 is 0. The van der Waals surface area contributed by atoms with Crippen LogP contribution >= 0.6 is 0 Å². The van der Waals surface area contributed by atoms with E-state index in [1.807, 2.05) is 6.92 Å². The third kappa shape index (κ3) is 2.30. The zero-order valence-electron chi connectivity index (χ0n) is 9.90. The van der Waals surface area contributed by atoms with Crippen molar-refractivity contribution in [1.82, 2.24) is 4.98 Å². The first-order chi connectivity index (χ1) is 7.51. The van der Waals surface area contributed by atoms with Gasteiger partial charge < -0.3 is 15.2 Å². The van der Waals surface area contributed by atoms with Crippen LogP contribution in [0.15, 0.2) is 6.07 Å². The first-order valence-corrected chi connectivity index (χ1v) is 4.90. The van der Waals surface area contributed by atoms with E-state index in [0.29, 0.717) is 11.6 Å². The van der Waals surface area contributed by atoms with Gasteiger partial charge in [0, 0.05) is 6.07 Å². The minimum atomic E-state index is -0.593. The first-order valence-electron chi connectivity index (χ1n) is 4.90. The standard InChI is InChI=1S/C11H16N2O3/c1-6-9(15-3)5-8(10(14)7(2)12)13-11(6)16-4/h5,7H,12H2,1-4H3. The molecule has 88 valence electrons. The second kappa shape index (κ2) is 4.94. The van der Waals surface area contributed by atoms with Crippen molar-refractivity contribution in [3.63, 3.8) is 0 Å². The highest BCUT2D eigenvalue weighted by molar-refractivity contribution is 5.98. The Morgan fingerprint density at radius 3 is 2.50 bits per heavy atom. The average Bonchev–Trinajstić information content (AvgIpc) is 2.28. The molecule has 0 spiro atoms. The summed E-state index contributed by atoms with van der Waals surface area (Å²) in [4.78, 5) is 15.8. The molecule has 0 aromatic carbocycles. The average molecular weight is 224 g/mol. The van der Waals surface area contributed by atoms with Crippen molar-refractivity contribution in [3.05, 3.63) is 17.3 Å². The van der Waals surface area contributed by atoms with Gasteiger partial charge in [-0.15, -0.1) is 0 Å². The number of ketones is 1. The lowest BCUT2D eigenvalue weighted by molar-refractivity contribution is 0.0961. The number of nitrogens with two attached hydrogens (primary N) is 1. The number of pyridine rings is 1. The number of rotatable bonds is 4. The Morgan fingerprint density at radius 2 is 2.06 bits per heavy atom. The fraction of sp³-hybridized carbons (Fsp3) is 0.455. The number of hydrogen-bond acceptors (Lipinski definition) is 5. The number of hydrogen-bond donors (Lipinski definition) is 1. The number of nitrogens with zero attached hydrogens (tertiary/aromatic N) is 1. The third-order valence-corrected chi connectivity index (χ3v) is 2.26. The summed E-state index contributed by atoms with van der Waals surface area (Å²) in [5.41, 5.74) is 6.53. The molecule has 16 heavy (non-hydrogen) atoms. The normalized spacial score (nSPS) is 12.1. The van der Waals surface area contributed by atoms with Crippen LogP contribution in [0, 0.1) is 6.92 Å². The fourth-order valence-corrected chi connectivity index (χ4v) is 1.33. The lowest BCUT2D eigenvalue weighted by atomic mass is 10.1. The van der Waals surface area contributed by atoms with Gasteiger partial charge >= 0.3 is 0 Å². The van der Waals surface area contributed by atoms with Crippen molar-refractivity contribution in [3.8, 4) is 11.6 Å². The van der Waals surface area contributed by atoms with E-state index < -0.39 is 6.04 Å². The Bertz CT molecular complexity index is 377. The summed E-state index contributed by atoms with van der Waals surface area (Å²) in [5.74, 6) is 0.704. The molecule has 5 heteroatoms. The van der Waals surface area contributed by atoms with E-state index >= 15 is 0 Å². The van der Waals surface area contributed by atoms with E-state index in [1.54, 1.807) is 13.0 Å². The van der Waals surface area contributed by atoms with Gasteiger partial charge in [0.2, 0.25) is 5.88 Å². The van der Waals surface area contributed by atoms with Crippen LogP contribution in [0.5, 0.6) is 11.6 Å². The molecule has 0 aliphatic carbocycles. The van der Waals surface area contributed by atoms with Crippen molar-refractivity contribution in [2.24, 2.45) is 5.73 Å². The molecule has 0 aliphatic heterocycles. The van der Waals surface area contributed by atoms with Crippen LogP contribution in [0.2, 0.25) is 0 Å². The quantitative estimate of drug-likeness (QED) is 0.770. The predicted octanol–water partition coefficient (Wildman–Crippen LogP) is 0.937. The Kier molecular flexibility index (Phi) is 3.84. The summed E-state index contributed by atoms with van der Waals surface area (Å²) in [7, 11) is 3.02. The molecule has 0 saturated carbocycles. The van der Waals surface area contributed by atoms with Crippen LogP contribution in [0.3, 0.4) is 0 Å². The molecule has 1 unspecified atom stereocenters. The van der Waals surface area contributed by atoms with Gasteiger partial charge in [0.15, 0.2) is 5.78 Å².